The Hall–Kier alpha value is -1.23. The number of rotatable bonds is 4. The van der Waals surface area contributed by atoms with Crippen LogP contribution in [0.4, 0.5) is 0 Å². The molecule has 4 nitrogen and oxygen atoms in total. The van der Waals surface area contributed by atoms with Crippen molar-refractivity contribution in [1.29, 1.82) is 0 Å². The molecule has 20 heavy (non-hydrogen) atoms. The second kappa shape index (κ2) is 9.64. The summed E-state index contributed by atoms with van der Waals surface area (Å²) in [5.74, 6) is 0. The van der Waals surface area contributed by atoms with Crippen LogP contribution in [-0.2, 0) is 11.3 Å². The van der Waals surface area contributed by atoms with Gasteiger partial charge in [0.05, 0.1) is 13.2 Å². The van der Waals surface area contributed by atoms with E-state index in [0.29, 0.717) is 0 Å². The zero-order chi connectivity index (χ0) is 14.8. The van der Waals surface area contributed by atoms with Crippen LogP contribution in [0.5, 0.6) is 0 Å². The van der Waals surface area contributed by atoms with Gasteiger partial charge in [-0.15, -0.1) is 0 Å². The summed E-state index contributed by atoms with van der Waals surface area (Å²) in [4.78, 5) is 13.2. The van der Waals surface area contributed by atoms with Crippen molar-refractivity contribution in [1.82, 2.24) is 10.2 Å². The topological polar surface area (TPSA) is 41.6 Å². The third-order valence-corrected chi connectivity index (χ3v) is 3.33. The normalized spacial score (nSPS) is 15.3. The molecule has 0 unspecified atom stereocenters. The summed E-state index contributed by atoms with van der Waals surface area (Å²) >= 11 is 0. The van der Waals surface area contributed by atoms with E-state index in [2.05, 4.69) is 23.2 Å². The van der Waals surface area contributed by atoms with Crippen molar-refractivity contribution in [2.75, 3.05) is 39.9 Å². The standard InChI is InChI=1S/C13H17NO2.C3H9N/c1-11-2-3-12(8-13(11)10-15)9-14-4-6-16-7-5-14;1-3-4-2/h2-3,8,10H,4-7,9H2,1H3;4H,3H2,1-2H3. The first-order chi connectivity index (χ1) is 9.71. The smallest absolute Gasteiger partial charge is 0.150 e. The molecule has 1 saturated heterocycles. The first-order valence-electron chi connectivity index (χ1n) is 7.20. The summed E-state index contributed by atoms with van der Waals surface area (Å²) in [6.45, 7) is 9.58. The van der Waals surface area contributed by atoms with Crippen molar-refractivity contribution in [3.63, 3.8) is 0 Å². The highest BCUT2D eigenvalue weighted by Gasteiger charge is 2.11. The van der Waals surface area contributed by atoms with Gasteiger partial charge in [0, 0.05) is 25.2 Å². The summed E-state index contributed by atoms with van der Waals surface area (Å²) in [7, 11) is 1.93. The van der Waals surface area contributed by atoms with E-state index < -0.39 is 0 Å². The first kappa shape index (κ1) is 16.8. The summed E-state index contributed by atoms with van der Waals surface area (Å²) in [6, 6.07) is 6.09. The third-order valence-electron chi connectivity index (χ3n) is 3.33. The monoisotopic (exact) mass is 278 g/mol. The van der Waals surface area contributed by atoms with Gasteiger partial charge in [0.25, 0.3) is 0 Å². The van der Waals surface area contributed by atoms with Gasteiger partial charge in [-0.1, -0.05) is 19.1 Å². The Bertz CT molecular complexity index is 399. The van der Waals surface area contributed by atoms with E-state index in [1.165, 1.54) is 5.56 Å². The maximum atomic E-state index is 10.8. The molecule has 1 heterocycles. The molecule has 0 bridgehead atoms. The Labute approximate surface area is 122 Å². The molecule has 0 aromatic heterocycles. The highest BCUT2D eigenvalue weighted by Crippen LogP contribution is 2.12. The lowest BCUT2D eigenvalue weighted by Crippen LogP contribution is -2.35. The van der Waals surface area contributed by atoms with Gasteiger partial charge >= 0.3 is 0 Å². The van der Waals surface area contributed by atoms with Crippen LogP contribution >= 0.6 is 0 Å². The van der Waals surface area contributed by atoms with Gasteiger partial charge in [0.1, 0.15) is 6.29 Å². The second-order valence-electron chi connectivity index (χ2n) is 4.90. The highest BCUT2D eigenvalue weighted by atomic mass is 16.5. The lowest BCUT2D eigenvalue weighted by atomic mass is 10.1. The predicted molar refractivity (Wildman–Crippen MR) is 82.3 cm³/mol. The Kier molecular flexibility index (Phi) is 8.11. The van der Waals surface area contributed by atoms with Crippen molar-refractivity contribution in [3.8, 4) is 0 Å². The van der Waals surface area contributed by atoms with Crippen LogP contribution in [0, 0.1) is 6.92 Å². The molecule has 1 fully saturated rings. The first-order valence-corrected chi connectivity index (χ1v) is 7.20. The van der Waals surface area contributed by atoms with Crippen LogP contribution in [0.3, 0.4) is 0 Å². The number of aryl methyl sites for hydroxylation is 1. The minimum absolute atomic E-state index is 0.797. The molecular formula is C16H26N2O2. The molecule has 1 aliphatic heterocycles. The zero-order valence-electron chi connectivity index (χ0n) is 12.8. The molecule has 2 rings (SSSR count). The van der Waals surface area contributed by atoms with Crippen molar-refractivity contribution in [2.24, 2.45) is 0 Å². The molecule has 0 spiro atoms. The van der Waals surface area contributed by atoms with Gasteiger partial charge in [-0.2, -0.15) is 0 Å². The number of ether oxygens (including phenoxy) is 1. The van der Waals surface area contributed by atoms with Crippen molar-refractivity contribution in [2.45, 2.75) is 20.4 Å². The molecular weight excluding hydrogens is 252 g/mol. The van der Waals surface area contributed by atoms with Crippen LogP contribution < -0.4 is 5.32 Å². The molecule has 0 radical (unpaired) electrons. The third kappa shape index (κ3) is 5.82. The zero-order valence-corrected chi connectivity index (χ0v) is 12.8. The van der Waals surface area contributed by atoms with Gasteiger partial charge in [-0.25, -0.2) is 0 Å². The van der Waals surface area contributed by atoms with Crippen LogP contribution in [0.1, 0.15) is 28.4 Å². The maximum absolute atomic E-state index is 10.8. The van der Waals surface area contributed by atoms with Gasteiger partial charge in [0.15, 0.2) is 0 Å². The Morgan fingerprint density at radius 1 is 1.35 bits per heavy atom. The van der Waals surface area contributed by atoms with E-state index in [1.54, 1.807) is 0 Å². The number of hydrogen-bond acceptors (Lipinski definition) is 4. The summed E-state index contributed by atoms with van der Waals surface area (Å²) < 4.78 is 5.30. The van der Waals surface area contributed by atoms with Crippen molar-refractivity contribution >= 4 is 6.29 Å². The van der Waals surface area contributed by atoms with E-state index in [4.69, 9.17) is 4.74 Å². The minimum Gasteiger partial charge on any atom is -0.379 e. The van der Waals surface area contributed by atoms with Gasteiger partial charge in [0.2, 0.25) is 0 Å². The number of aldehydes is 1. The number of nitrogens with zero attached hydrogens (tertiary/aromatic N) is 1. The lowest BCUT2D eigenvalue weighted by molar-refractivity contribution is 0.0342. The van der Waals surface area contributed by atoms with Gasteiger partial charge < -0.3 is 10.1 Å². The fourth-order valence-corrected chi connectivity index (χ4v) is 1.93. The van der Waals surface area contributed by atoms with Crippen LogP contribution in [0.2, 0.25) is 0 Å². The van der Waals surface area contributed by atoms with E-state index in [1.807, 2.05) is 26.1 Å². The number of benzene rings is 1. The summed E-state index contributed by atoms with van der Waals surface area (Å²) in [5.41, 5.74) is 3.04. The maximum Gasteiger partial charge on any atom is 0.150 e. The summed E-state index contributed by atoms with van der Waals surface area (Å²) in [5, 5.41) is 2.93. The number of nitrogens with one attached hydrogen (secondary N) is 1. The number of morpholine rings is 1. The van der Waals surface area contributed by atoms with Crippen LogP contribution in [-0.4, -0.2) is 51.1 Å². The molecule has 112 valence electrons. The van der Waals surface area contributed by atoms with Crippen LogP contribution in [0.25, 0.3) is 0 Å². The van der Waals surface area contributed by atoms with Crippen molar-refractivity contribution in [3.05, 3.63) is 34.9 Å². The number of carbonyl (C=O) groups excluding carboxylic acids is 1. The average Bonchev–Trinajstić information content (AvgIpc) is 2.50. The fraction of sp³-hybridized carbons (Fsp3) is 0.562. The molecule has 0 atom stereocenters. The molecule has 0 aliphatic carbocycles. The van der Waals surface area contributed by atoms with E-state index in [9.17, 15) is 4.79 Å². The molecule has 1 aromatic carbocycles. The summed E-state index contributed by atoms with van der Waals surface area (Å²) in [6.07, 6.45) is 0.929. The molecule has 1 aliphatic rings. The number of carbonyl (C=O) groups is 1. The Morgan fingerprint density at radius 2 is 2.00 bits per heavy atom. The minimum atomic E-state index is 0.797. The van der Waals surface area contributed by atoms with Crippen molar-refractivity contribution < 1.29 is 9.53 Å². The fourth-order valence-electron chi connectivity index (χ4n) is 1.93. The van der Waals surface area contributed by atoms with E-state index in [0.717, 1.165) is 56.8 Å². The number of hydrogen-bond donors (Lipinski definition) is 1. The highest BCUT2D eigenvalue weighted by molar-refractivity contribution is 5.77. The van der Waals surface area contributed by atoms with Gasteiger partial charge in [-0.3, -0.25) is 9.69 Å². The lowest BCUT2D eigenvalue weighted by Gasteiger charge is -2.26. The average molecular weight is 278 g/mol. The Balaban J connectivity index is 0.000000444. The SMILES string of the molecule is CCNC.Cc1ccc(CN2CCOCC2)cc1C=O. The largest absolute Gasteiger partial charge is 0.379 e. The van der Waals surface area contributed by atoms with E-state index in [-0.39, 0.29) is 0 Å². The van der Waals surface area contributed by atoms with Crippen LogP contribution in [0.15, 0.2) is 18.2 Å². The quantitative estimate of drug-likeness (QED) is 0.854. The molecule has 1 N–H and O–H groups in total. The predicted octanol–water partition coefficient (Wildman–Crippen LogP) is 1.87. The van der Waals surface area contributed by atoms with Gasteiger partial charge in [-0.05, 0) is 37.7 Å². The molecule has 0 amide bonds. The molecule has 1 aromatic rings. The molecule has 0 saturated carbocycles. The van der Waals surface area contributed by atoms with E-state index >= 15 is 0 Å². The Morgan fingerprint density at radius 3 is 2.55 bits per heavy atom. The molecule has 4 heteroatoms. The second-order valence-corrected chi connectivity index (χ2v) is 4.90.